The first-order chi connectivity index (χ1) is 31.4. The van der Waals surface area contributed by atoms with Crippen LogP contribution in [0.4, 0.5) is 0 Å². The Hall–Kier alpha value is -1.59. The summed E-state index contributed by atoms with van der Waals surface area (Å²) >= 11 is 0. The van der Waals surface area contributed by atoms with E-state index in [2.05, 4.69) is 27.7 Å². The maximum Gasteiger partial charge on any atom is 0.306 e. The highest BCUT2D eigenvalue weighted by Crippen LogP contribution is 2.18. The van der Waals surface area contributed by atoms with Crippen LogP contribution in [0.3, 0.4) is 0 Å². The van der Waals surface area contributed by atoms with E-state index in [9.17, 15) is 14.4 Å². The second-order valence-electron chi connectivity index (χ2n) is 20.2. The van der Waals surface area contributed by atoms with E-state index in [-0.39, 0.29) is 31.1 Å². The van der Waals surface area contributed by atoms with Gasteiger partial charge in [0, 0.05) is 19.3 Å². The molecule has 0 aliphatic rings. The van der Waals surface area contributed by atoms with Crippen LogP contribution in [0, 0.1) is 5.92 Å². The third kappa shape index (κ3) is 49.8. The number of hydrogen-bond acceptors (Lipinski definition) is 6. The lowest BCUT2D eigenvalue weighted by atomic mass is 9.99. The minimum atomic E-state index is -0.762. The van der Waals surface area contributed by atoms with Gasteiger partial charge in [-0.2, -0.15) is 0 Å². The van der Waals surface area contributed by atoms with Crippen molar-refractivity contribution in [1.29, 1.82) is 0 Å². The first kappa shape index (κ1) is 62.4. The van der Waals surface area contributed by atoms with Crippen molar-refractivity contribution in [2.45, 2.75) is 336 Å². The Kier molecular flexibility index (Phi) is 51.1. The van der Waals surface area contributed by atoms with Gasteiger partial charge < -0.3 is 14.2 Å². The zero-order chi connectivity index (χ0) is 46.7. The molecular formula is C58H112O6. The lowest BCUT2D eigenvalue weighted by Gasteiger charge is -2.18. The first-order valence-corrected chi connectivity index (χ1v) is 28.9. The van der Waals surface area contributed by atoms with E-state index in [4.69, 9.17) is 14.2 Å². The SMILES string of the molecule is CCCCCCCCCCCCCCCCCCC(=O)OC[C@H](COC(=O)CCCCCCCCCCCCC(C)CC)OC(=O)CCCCCCCCCCCCCCCCCC. The van der Waals surface area contributed by atoms with Gasteiger partial charge in [-0.25, -0.2) is 0 Å². The summed E-state index contributed by atoms with van der Waals surface area (Å²) < 4.78 is 16.9. The van der Waals surface area contributed by atoms with Crippen LogP contribution in [0.2, 0.25) is 0 Å². The van der Waals surface area contributed by atoms with E-state index in [0.717, 1.165) is 63.7 Å². The lowest BCUT2D eigenvalue weighted by Crippen LogP contribution is -2.30. The van der Waals surface area contributed by atoms with E-state index in [1.165, 1.54) is 225 Å². The molecule has 380 valence electrons. The van der Waals surface area contributed by atoms with Gasteiger partial charge in [-0.3, -0.25) is 14.4 Å². The third-order valence-corrected chi connectivity index (χ3v) is 13.7. The van der Waals surface area contributed by atoms with Gasteiger partial charge in [0.15, 0.2) is 6.10 Å². The van der Waals surface area contributed by atoms with E-state index >= 15 is 0 Å². The Labute approximate surface area is 399 Å². The van der Waals surface area contributed by atoms with Crippen LogP contribution in [0.25, 0.3) is 0 Å². The molecule has 0 radical (unpaired) electrons. The summed E-state index contributed by atoms with van der Waals surface area (Å²) in [5.74, 6) is 0.0340. The van der Waals surface area contributed by atoms with Gasteiger partial charge in [0.2, 0.25) is 0 Å². The maximum atomic E-state index is 12.8. The number of unbranched alkanes of at least 4 members (excludes halogenated alkanes) is 39. The third-order valence-electron chi connectivity index (χ3n) is 13.7. The van der Waals surface area contributed by atoms with Crippen molar-refractivity contribution in [3.63, 3.8) is 0 Å². The second kappa shape index (κ2) is 52.4. The molecular weight excluding hydrogens is 793 g/mol. The fourth-order valence-corrected chi connectivity index (χ4v) is 8.89. The van der Waals surface area contributed by atoms with E-state index in [0.29, 0.717) is 19.3 Å². The van der Waals surface area contributed by atoms with Crippen LogP contribution in [-0.2, 0) is 28.6 Å². The molecule has 0 heterocycles. The minimum absolute atomic E-state index is 0.0620. The monoisotopic (exact) mass is 905 g/mol. The van der Waals surface area contributed by atoms with E-state index < -0.39 is 6.10 Å². The molecule has 0 aromatic rings. The molecule has 2 atom stereocenters. The molecule has 0 fully saturated rings. The van der Waals surface area contributed by atoms with Gasteiger partial charge in [0.1, 0.15) is 13.2 Å². The summed E-state index contributed by atoms with van der Waals surface area (Å²) in [5.41, 5.74) is 0. The van der Waals surface area contributed by atoms with Crippen molar-refractivity contribution < 1.29 is 28.6 Å². The fourth-order valence-electron chi connectivity index (χ4n) is 8.89. The first-order valence-electron chi connectivity index (χ1n) is 28.9. The normalized spacial score (nSPS) is 12.4. The predicted octanol–water partition coefficient (Wildman–Crippen LogP) is 19.0. The standard InChI is InChI=1S/C58H112O6/c1-5-8-10-12-14-16-18-20-22-24-26-28-33-37-41-45-49-56(59)62-52-55(53-63-57(60)50-46-42-38-34-31-30-32-36-40-44-48-54(4)7-3)64-58(61)51-47-43-39-35-29-27-25-23-21-19-17-15-13-11-9-6-2/h54-55H,5-53H2,1-4H3/t54?,55-/m1/s1. The van der Waals surface area contributed by atoms with Crippen molar-refractivity contribution in [1.82, 2.24) is 0 Å². The summed E-state index contributed by atoms with van der Waals surface area (Å²) in [7, 11) is 0. The molecule has 0 aromatic heterocycles. The van der Waals surface area contributed by atoms with Crippen molar-refractivity contribution in [3.8, 4) is 0 Å². The van der Waals surface area contributed by atoms with Crippen LogP contribution in [0.15, 0.2) is 0 Å². The molecule has 64 heavy (non-hydrogen) atoms. The average molecular weight is 906 g/mol. The summed E-state index contributed by atoms with van der Waals surface area (Å²) in [6, 6.07) is 0. The highest BCUT2D eigenvalue weighted by molar-refractivity contribution is 5.71. The summed E-state index contributed by atoms with van der Waals surface area (Å²) in [6.45, 7) is 9.08. The number of carbonyl (C=O) groups is 3. The topological polar surface area (TPSA) is 78.9 Å². The zero-order valence-electron chi connectivity index (χ0n) is 43.8. The maximum absolute atomic E-state index is 12.8. The minimum Gasteiger partial charge on any atom is -0.462 e. The Morgan fingerprint density at radius 2 is 0.547 bits per heavy atom. The summed E-state index contributed by atoms with van der Waals surface area (Å²) in [5, 5.41) is 0. The van der Waals surface area contributed by atoms with E-state index in [1.807, 2.05) is 0 Å². The summed E-state index contributed by atoms with van der Waals surface area (Å²) in [6.07, 6.45) is 56.5. The molecule has 6 heteroatoms. The molecule has 0 rings (SSSR count). The molecule has 0 spiro atoms. The molecule has 0 amide bonds. The average Bonchev–Trinajstić information content (AvgIpc) is 3.29. The van der Waals surface area contributed by atoms with Gasteiger partial charge in [0.25, 0.3) is 0 Å². The predicted molar refractivity (Wildman–Crippen MR) is 275 cm³/mol. The Morgan fingerprint density at radius 1 is 0.312 bits per heavy atom. The Morgan fingerprint density at radius 3 is 0.812 bits per heavy atom. The molecule has 0 aromatic carbocycles. The number of ether oxygens (including phenoxy) is 3. The summed E-state index contributed by atoms with van der Waals surface area (Å²) in [4.78, 5) is 38.1. The molecule has 0 aliphatic carbocycles. The van der Waals surface area contributed by atoms with Gasteiger partial charge in [-0.1, -0.05) is 291 Å². The van der Waals surface area contributed by atoms with Crippen LogP contribution >= 0.6 is 0 Å². The Balaban J connectivity index is 4.31. The highest BCUT2D eigenvalue weighted by Gasteiger charge is 2.19. The molecule has 0 aliphatic heterocycles. The number of rotatable bonds is 53. The lowest BCUT2D eigenvalue weighted by molar-refractivity contribution is -0.167. The van der Waals surface area contributed by atoms with Crippen LogP contribution in [0.1, 0.15) is 329 Å². The smallest absolute Gasteiger partial charge is 0.306 e. The molecule has 0 saturated heterocycles. The van der Waals surface area contributed by atoms with Gasteiger partial charge in [-0.15, -0.1) is 0 Å². The Bertz CT molecular complexity index is 966. The second-order valence-corrected chi connectivity index (χ2v) is 20.2. The van der Waals surface area contributed by atoms with Crippen LogP contribution in [-0.4, -0.2) is 37.2 Å². The zero-order valence-corrected chi connectivity index (χ0v) is 43.8. The van der Waals surface area contributed by atoms with Gasteiger partial charge in [-0.05, 0) is 25.2 Å². The van der Waals surface area contributed by atoms with Gasteiger partial charge in [0.05, 0.1) is 0 Å². The molecule has 0 bridgehead atoms. The molecule has 1 unspecified atom stereocenters. The largest absolute Gasteiger partial charge is 0.462 e. The molecule has 6 nitrogen and oxygen atoms in total. The highest BCUT2D eigenvalue weighted by atomic mass is 16.6. The van der Waals surface area contributed by atoms with E-state index in [1.54, 1.807) is 0 Å². The number of esters is 3. The number of carbonyl (C=O) groups excluding carboxylic acids is 3. The number of hydrogen-bond donors (Lipinski definition) is 0. The quantitative estimate of drug-likeness (QED) is 0.0344. The van der Waals surface area contributed by atoms with Crippen LogP contribution in [0.5, 0.6) is 0 Å². The van der Waals surface area contributed by atoms with Crippen molar-refractivity contribution in [3.05, 3.63) is 0 Å². The van der Waals surface area contributed by atoms with Crippen molar-refractivity contribution >= 4 is 17.9 Å². The molecule has 0 N–H and O–H groups in total. The van der Waals surface area contributed by atoms with Crippen molar-refractivity contribution in [2.24, 2.45) is 5.92 Å². The fraction of sp³-hybridized carbons (Fsp3) is 0.948. The van der Waals surface area contributed by atoms with Crippen LogP contribution < -0.4 is 0 Å². The van der Waals surface area contributed by atoms with Crippen molar-refractivity contribution in [2.75, 3.05) is 13.2 Å². The molecule has 0 saturated carbocycles. The van der Waals surface area contributed by atoms with Gasteiger partial charge >= 0.3 is 17.9 Å².